The molecule has 1 aliphatic rings. The summed E-state index contributed by atoms with van der Waals surface area (Å²) in [6, 6.07) is 20.9. The van der Waals surface area contributed by atoms with Gasteiger partial charge in [-0.1, -0.05) is 18.2 Å². The van der Waals surface area contributed by atoms with E-state index in [9.17, 15) is 4.79 Å². The molecule has 2 heterocycles. The number of methoxy groups -OCH3 is 1. The van der Waals surface area contributed by atoms with Crippen LogP contribution in [-0.4, -0.2) is 36.2 Å². The van der Waals surface area contributed by atoms with Crippen molar-refractivity contribution in [3.8, 4) is 22.6 Å². The molecule has 0 bridgehead atoms. The zero-order chi connectivity index (χ0) is 23.5. The molecular weight excluding hydrogens is 430 g/mol. The van der Waals surface area contributed by atoms with E-state index in [1.165, 1.54) is 0 Å². The van der Waals surface area contributed by atoms with Crippen molar-refractivity contribution in [2.75, 3.05) is 25.6 Å². The van der Waals surface area contributed by atoms with E-state index in [4.69, 9.17) is 18.9 Å². The van der Waals surface area contributed by atoms with Crippen LogP contribution in [0.25, 0.3) is 22.2 Å². The number of hydrogen-bond donors (Lipinski definition) is 1. The Morgan fingerprint density at radius 2 is 1.79 bits per heavy atom. The molecule has 0 saturated carbocycles. The number of fused-ring (bicyclic) bond motifs is 1. The first-order chi connectivity index (χ1) is 16.6. The third-order valence-electron chi connectivity index (χ3n) is 6.04. The van der Waals surface area contributed by atoms with Gasteiger partial charge < -0.3 is 24.1 Å². The number of anilines is 1. The second kappa shape index (κ2) is 9.47. The monoisotopic (exact) mass is 457 g/mol. The van der Waals surface area contributed by atoms with Crippen LogP contribution < -0.4 is 14.8 Å². The summed E-state index contributed by atoms with van der Waals surface area (Å²) in [5.74, 6) is 2.17. The fourth-order valence-corrected chi connectivity index (χ4v) is 4.31. The summed E-state index contributed by atoms with van der Waals surface area (Å²) in [5.41, 5.74) is 4.34. The van der Waals surface area contributed by atoms with Gasteiger partial charge in [-0.15, -0.1) is 0 Å². The molecule has 0 unspecified atom stereocenters. The molecule has 0 radical (unpaired) electrons. The van der Waals surface area contributed by atoms with E-state index in [1.807, 2.05) is 73.7 Å². The molecule has 1 fully saturated rings. The minimum absolute atomic E-state index is 0.159. The Bertz CT molecular complexity index is 1280. The Morgan fingerprint density at radius 3 is 2.53 bits per heavy atom. The minimum atomic E-state index is -0.195. The van der Waals surface area contributed by atoms with Crippen molar-refractivity contribution in [1.82, 2.24) is 9.88 Å². The molecule has 1 aliphatic heterocycles. The SMILES string of the molecule is CCOc1ccc(NC(=O)N2CCC[C@@H]2c2nc3cc(-c4ccc(OC)cc4)ccc3o2)cc1. The topological polar surface area (TPSA) is 76.8 Å². The van der Waals surface area contributed by atoms with Gasteiger partial charge in [0.25, 0.3) is 0 Å². The van der Waals surface area contributed by atoms with E-state index < -0.39 is 0 Å². The number of nitrogens with zero attached hydrogens (tertiary/aromatic N) is 2. The van der Waals surface area contributed by atoms with Gasteiger partial charge >= 0.3 is 6.03 Å². The second-order valence-corrected chi connectivity index (χ2v) is 8.20. The molecule has 2 amide bonds. The summed E-state index contributed by atoms with van der Waals surface area (Å²) >= 11 is 0. The van der Waals surface area contributed by atoms with Crippen LogP contribution in [0.4, 0.5) is 10.5 Å². The number of nitrogens with one attached hydrogen (secondary N) is 1. The number of aromatic nitrogens is 1. The molecule has 1 aromatic heterocycles. The largest absolute Gasteiger partial charge is 0.497 e. The predicted molar refractivity (Wildman–Crippen MR) is 131 cm³/mol. The van der Waals surface area contributed by atoms with Gasteiger partial charge in [-0.2, -0.15) is 0 Å². The molecule has 174 valence electrons. The smallest absolute Gasteiger partial charge is 0.322 e. The van der Waals surface area contributed by atoms with Gasteiger partial charge in [-0.3, -0.25) is 0 Å². The van der Waals surface area contributed by atoms with Gasteiger partial charge in [0.05, 0.1) is 13.7 Å². The van der Waals surface area contributed by atoms with Gasteiger partial charge in [-0.05, 0) is 79.4 Å². The second-order valence-electron chi connectivity index (χ2n) is 8.20. The first-order valence-electron chi connectivity index (χ1n) is 11.5. The predicted octanol–water partition coefficient (Wildman–Crippen LogP) is 6.27. The Morgan fingerprint density at radius 1 is 1.06 bits per heavy atom. The standard InChI is InChI=1S/C27H27N3O4/c1-3-33-22-13-9-20(10-14-22)28-27(31)30-16-4-5-24(30)26-29-23-17-19(8-15-25(23)34-26)18-6-11-21(32-2)12-7-18/h6-15,17,24H,3-5,16H2,1-2H3,(H,28,31)/t24-/m1/s1. The quantitative estimate of drug-likeness (QED) is 0.369. The van der Waals surface area contributed by atoms with Crippen LogP contribution in [0, 0.1) is 0 Å². The van der Waals surface area contributed by atoms with Crippen LogP contribution in [0.3, 0.4) is 0 Å². The summed E-state index contributed by atoms with van der Waals surface area (Å²) in [4.78, 5) is 19.6. The van der Waals surface area contributed by atoms with Crippen molar-refractivity contribution < 1.29 is 18.7 Å². The lowest BCUT2D eigenvalue weighted by Crippen LogP contribution is -2.34. The normalized spacial score (nSPS) is 15.5. The molecule has 7 nitrogen and oxygen atoms in total. The molecule has 5 rings (SSSR count). The lowest BCUT2D eigenvalue weighted by Gasteiger charge is -2.22. The lowest BCUT2D eigenvalue weighted by molar-refractivity contribution is 0.199. The van der Waals surface area contributed by atoms with E-state index >= 15 is 0 Å². The highest BCUT2D eigenvalue weighted by Crippen LogP contribution is 2.35. The number of urea groups is 1. The fraction of sp³-hybridized carbons (Fsp3) is 0.259. The summed E-state index contributed by atoms with van der Waals surface area (Å²) < 4.78 is 16.8. The number of carbonyl (C=O) groups excluding carboxylic acids is 1. The molecule has 0 spiro atoms. The maximum atomic E-state index is 13.0. The number of ether oxygens (including phenoxy) is 2. The van der Waals surface area contributed by atoms with E-state index in [1.54, 1.807) is 12.0 Å². The van der Waals surface area contributed by atoms with Gasteiger partial charge in [0.1, 0.15) is 23.1 Å². The number of hydrogen-bond acceptors (Lipinski definition) is 5. The summed E-state index contributed by atoms with van der Waals surface area (Å²) in [5, 5.41) is 2.98. The van der Waals surface area contributed by atoms with E-state index in [-0.39, 0.29) is 12.1 Å². The van der Waals surface area contributed by atoms with Gasteiger partial charge in [0.15, 0.2) is 5.58 Å². The Kier molecular flexibility index (Phi) is 6.08. The maximum absolute atomic E-state index is 13.0. The van der Waals surface area contributed by atoms with Crippen molar-refractivity contribution >= 4 is 22.8 Å². The first-order valence-corrected chi connectivity index (χ1v) is 11.5. The van der Waals surface area contributed by atoms with Crippen LogP contribution in [0.5, 0.6) is 11.5 Å². The minimum Gasteiger partial charge on any atom is -0.497 e. The molecule has 0 aliphatic carbocycles. The Labute approximate surface area is 198 Å². The van der Waals surface area contributed by atoms with E-state index in [2.05, 4.69) is 5.32 Å². The van der Waals surface area contributed by atoms with Crippen LogP contribution in [0.1, 0.15) is 31.7 Å². The molecule has 1 saturated heterocycles. The third kappa shape index (κ3) is 4.41. The van der Waals surface area contributed by atoms with Gasteiger partial charge in [0.2, 0.25) is 5.89 Å². The van der Waals surface area contributed by atoms with Crippen LogP contribution in [-0.2, 0) is 0 Å². The number of carbonyl (C=O) groups is 1. The zero-order valence-electron chi connectivity index (χ0n) is 19.3. The molecule has 3 aromatic carbocycles. The summed E-state index contributed by atoms with van der Waals surface area (Å²) in [7, 11) is 1.66. The highest BCUT2D eigenvalue weighted by Gasteiger charge is 2.33. The average Bonchev–Trinajstić information content (AvgIpc) is 3.52. The zero-order valence-corrected chi connectivity index (χ0v) is 19.3. The molecular formula is C27H27N3O4. The maximum Gasteiger partial charge on any atom is 0.322 e. The number of likely N-dealkylation sites (tertiary alicyclic amines) is 1. The molecule has 1 N–H and O–H groups in total. The molecule has 4 aromatic rings. The van der Waals surface area contributed by atoms with Crippen molar-refractivity contribution in [2.24, 2.45) is 0 Å². The summed E-state index contributed by atoms with van der Waals surface area (Å²) in [6.45, 7) is 3.20. The highest BCUT2D eigenvalue weighted by atomic mass is 16.5. The number of benzene rings is 3. The number of rotatable bonds is 6. The Hall–Kier alpha value is -4.00. The van der Waals surface area contributed by atoms with Crippen molar-refractivity contribution in [2.45, 2.75) is 25.8 Å². The Balaban J connectivity index is 1.34. The number of amides is 2. The average molecular weight is 458 g/mol. The molecule has 34 heavy (non-hydrogen) atoms. The van der Waals surface area contributed by atoms with Crippen molar-refractivity contribution in [3.63, 3.8) is 0 Å². The summed E-state index contributed by atoms with van der Waals surface area (Å²) in [6.07, 6.45) is 1.71. The van der Waals surface area contributed by atoms with E-state index in [0.717, 1.165) is 46.7 Å². The lowest BCUT2D eigenvalue weighted by atomic mass is 10.1. The highest BCUT2D eigenvalue weighted by molar-refractivity contribution is 5.90. The first kappa shape index (κ1) is 21.8. The van der Waals surface area contributed by atoms with Crippen LogP contribution in [0.2, 0.25) is 0 Å². The fourth-order valence-electron chi connectivity index (χ4n) is 4.31. The van der Waals surface area contributed by atoms with Crippen LogP contribution >= 0.6 is 0 Å². The van der Waals surface area contributed by atoms with Crippen molar-refractivity contribution in [1.29, 1.82) is 0 Å². The van der Waals surface area contributed by atoms with Gasteiger partial charge in [0, 0.05) is 12.2 Å². The van der Waals surface area contributed by atoms with E-state index in [0.29, 0.717) is 24.6 Å². The van der Waals surface area contributed by atoms with Crippen LogP contribution in [0.15, 0.2) is 71.1 Å². The number of oxazole rings is 1. The molecule has 1 atom stereocenters. The third-order valence-corrected chi connectivity index (χ3v) is 6.04. The van der Waals surface area contributed by atoms with Crippen molar-refractivity contribution in [3.05, 3.63) is 72.6 Å². The van der Waals surface area contributed by atoms with Gasteiger partial charge in [-0.25, -0.2) is 9.78 Å². The molecule has 7 heteroatoms.